The van der Waals surface area contributed by atoms with Crippen LogP contribution in [-0.2, 0) is 11.3 Å². The van der Waals surface area contributed by atoms with E-state index in [1.165, 1.54) is 6.26 Å². The lowest BCUT2D eigenvalue weighted by molar-refractivity contribution is -0.158. The van der Waals surface area contributed by atoms with Crippen molar-refractivity contribution in [2.45, 2.75) is 45.8 Å². The molecule has 2 rings (SSSR count). The van der Waals surface area contributed by atoms with Gasteiger partial charge in [-0.15, -0.1) is 0 Å². The zero-order valence-corrected chi connectivity index (χ0v) is 13.1. The second-order valence-corrected chi connectivity index (χ2v) is 7.02. The third-order valence-electron chi connectivity index (χ3n) is 3.58. The predicted octanol–water partition coefficient (Wildman–Crippen LogP) is 1.16. The Morgan fingerprint density at radius 3 is 2.90 bits per heavy atom. The predicted molar refractivity (Wildman–Crippen MR) is 78.4 cm³/mol. The normalized spacial score (nSPS) is 23.6. The molecule has 0 saturated carbocycles. The number of aliphatic hydroxyl groups is 1. The van der Waals surface area contributed by atoms with Crippen LogP contribution >= 0.6 is 0 Å². The van der Waals surface area contributed by atoms with Crippen LogP contribution in [0, 0.1) is 5.41 Å². The van der Waals surface area contributed by atoms with Crippen LogP contribution in [0.15, 0.2) is 16.9 Å². The molecule has 1 amide bonds. The van der Waals surface area contributed by atoms with E-state index >= 15 is 0 Å². The van der Waals surface area contributed by atoms with Crippen LogP contribution in [0.4, 0.5) is 0 Å². The molecular formula is C15H25N3O3. The number of rotatable bonds is 5. The molecule has 1 saturated heterocycles. The van der Waals surface area contributed by atoms with Gasteiger partial charge in [0.25, 0.3) is 5.91 Å². The SMILES string of the molecule is CC(C)(C)CN1CCC[C@@](O)(CNCc2ccon2)C1=O. The Labute approximate surface area is 125 Å². The Kier molecular flexibility index (Phi) is 4.68. The Bertz CT molecular complexity index is 467. The van der Waals surface area contributed by atoms with Gasteiger partial charge in [0.15, 0.2) is 5.60 Å². The lowest BCUT2D eigenvalue weighted by atomic mass is 9.88. The van der Waals surface area contributed by atoms with Gasteiger partial charge in [-0.2, -0.15) is 0 Å². The maximum atomic E-state index is 12.5. The van der Waals surface area contributed by atoms with Crippen molar-refractivity contribution in [1.82, 2.24) is 15.4 Å². The van der Waals surface area contributed by atoms with E-state index in [2.05, 4.69) is 31.2 Å². The zero-order valence-electron chi connectivity index (χ0n) is 13.1. The largest absolute Gasteiger partial charge is 0.379 e. The summed E-state index contributed by atoms with van der Waals surface area (Å²) in [5.41, 5.74) is -0.525. The molecule has 0 unspecified atom stereocenters. The van der Waals surface area contributed by atoms with Crippen LogP contribution in [0.1, 0.15) is 39.3 Å². The number of nitrogens with zero attached hydrogens (tertiary/aromatic N) is 2. The summed E-state index contributed by atoms with van der Waals surface area (Å²) in [7, 11) is 0. The van der Waals surface area contributed by atoms with E-state index in [0.29, 0.717) is 19.5 Å². The summed E-state index contributed by atoms with van der Waals surface area (Å²) in [4.78, 5) is 14.3. The molecular weight excluding hydrogens is 270 g/mol. The van der Waals surface area contributed by atoms with Gasteiger partial charge in [-0.1, -0.05) is 25.9 Å². The van der Waals surface area contributed by atoms with Crippen molar-refractivity contribution in [3.63, 3.8) is 0 Å². The average molecular weight is 295 g/mol. The highest BCUT2D eigenvalue weighted by molar-refractivity contribution is 5.86. The van der Waals surface area contributed by atoms with E-state index in [1.54, 1.807) is 11.0 Å². The minimum absolute atomic E-state index is 0.0298. The van der Waals surface area contributed by atoms with Crippen LogP contribution in [0.3, 0.4) is 0 Å². The third-order valence-corrected chi connectivity index (χ3v) is 3.58. The summed E-state index contributed by atoms with van der Waals surface area (Å²) in [6.45, 7) is 8.38. The van der Waals surface area contributed by atoms with Crippen LogP contribution in [-0.4, -0.2) is 46.3 Å². The lowest BCUT2D eigenvalue weighted by Crippen LogP contribution is -2.59. The topological polar surface area (TPSA) is 78.6 Å². The fraction of sp³-hybridized carbons (Fsp3) is 0.733. The Morgan fingerprint density at radius 2 is 2.29 bits per heavy atom. The first kappa shape index (κ1) is 16.0. The second-order valence-electron chi connectivity index (χ2n) is 7.02. The van der Waals surface area contributed by atoms with Crippen molar-refractivity contribution >= 4 is 5.91 Å². The molecule has 1 atom stereocenters. The maximum absolute atomic E-state index is 12.5. The highest BCUT2D eigenvalue weighted by atomic mass is 16.5. The van der Waals surface area contributed by atoms with Gasteiger partial charge < -0.3 is 19.8 Å². The molecule has 1 aliphatic heterocycles. The molecule has 2 N–H and O–H groups in total. The summed E-state index contributed by atoms with van der Waals surface area (Å²) >= 11 is 0. The van der Waals surface area contributed by atoms with Crippen LogP contribution < -0.4 is 5.32 Å². The molecule has 0 spiro atoms. The van der Waals surface area contributed by atoms with Crippen molar-refractivity contribution in [2.24, 2.45) is 5.41 Å². The number of hydrogen-bond acceptors (Lipinski definition) is 5. The molecule has 1 aromatic heterocycles. The van der Waals surface area contributed by atoms with E-state index in [0.717, 1.165) is 18.7 Å². The summed E-state index contributed by atoms with van der Waals surface area (Å²) in [5, 5.41) is 17.5. The first-order chi connectivity index (χ1) is 9.80. The van der Waals surface area contributed by atoms with Gasteiger partial charge in [0, 0.05) is 32.2 Å². The van der Waals surface area contributed by atoms with Crippen molar-refractivity contribution < 1.29 is 14.4 Å². The number of piperidine rings is 1. The van der Waals surface area contributed by atoms with E-state index in [1.807, 2.05) is 0 Å². The lowest BCUT2D eigenvalue weighted by Gasteiger charge is -2.40. The number of aromatic nitrogens is 1. The Morgan fingerprint density at radius 1 is 1.52 bits per heavy atom. The van der Waals surface area contributed by atoms with Gasteiger partial charge in [-0.25, -0.2) is 0 Å². The number of carbonyl (C=O) groups excluding carboxylic acids is 1. The summed E-state index contributed by atoms with van der Waals surface area (Å²) in [6.07, 6.45) is 2.82. The van der Waals surface area contributed by atoms with Gasteiger partial charge in [-0.05, 0) is 18.3 Å². The fourth-order valence-corrected chi connectivity index (χ4v) is 2.68. The van der Waals surface area contributed by atoms with E-state index < -0.39 is 5.60 Å². The molecule has 118 valence electrons. The Balaban J connectivity index is 1.91. The molecule has 0 bridgehead atoms. The van der Waals surface area contributed by atoms with Crippen molar-refractivity contribution in [2.75, 3.05) is 19.6 Å². The molecule has 0 radical (unpaired) electrons. The molecule has 1 aliphatic rings. The molecule has 6 nitrogen and oxygen atoms in total. The van der Waals surface area contributed by atoms with Crippen molar-refractivity contribution in [1.29, 1.82) is 0 Å². The minimum Gasteiger partial charge on any atom is -0.379 e. The van der Waals surface area contributed by atoms with Crippen LogP contribution in [0.25, 0.3) is 0 Å². The molecule has 0 aromatic carbocycles. The molecule has 6 heteroatoms. The minimum atomic E-state index is -1.31. The number of likely N-dealkylation sites (tertiary alicyclic amines) is 1. The number of carbonyl (C=O) groups is 1. The first-order valence-corrected chi connectivity index (χ1v) is 7.42. The van der Waals surface area contributed by atoms with Gasteiger partial charge in [-0.3, -0.25) is 4.79 Å². The number of amides is 1. The first-order valence-electron chi connectivity index (χ1n) is 7.42. The highest BCUT2D eigenvalue weighted by Gasteiger charge is 2.42. The standard InChI is InChI=1S/C15H25N3O3/c1-14(2,3)11-18-7-4-6-15(20,13(18)19)10-16-9-12-5-8-21-17-12/h5,8,16,20H,4,6-7,9-11H2,1-3H3/t15-/m1/s1. The molecule has 0 aliphatic carbocycles. The van der Waals surface area contributed by atoms with E-state index in [9.17, 15) is 9.90 Å². The van der Waals surface area contributed by atoms with Gasteiger partial charge >= 0.3 is 0 Å². The third kappa shape index (κ3) is 4.28. The number of hydrogen-bond donors (Lipinski definition) is 2. The average Bonchev–Trinajstić information content (AvgIpc) is 2.87. The van der Waals surface area contributed by atoms with Gasteiger partial charge in [0.05, 0.1) is 5.69 Å². The summed E-state index contributed by atoms with van der Waals surface area (Å²) in [6, 6.07) is 1.76. The van der Waals surface area contributed by atoms with Gasteiger partial charge in [0.2, 0.25) is 0 Å². The summed E-state index contributed by atoms with van der Waals surface area (Å²) in [5.74, 6) is -0.170. The molecule has 1 aromatic rings. The highest BCUT2D eigenvalue weighted by Crippen LogP contribution is 2.25. The fourth-order valence-electron chi connectivity index (χ4n) is 2.68. The number of nitrogens with one attached hydrogen (secondary N) is 1. The van der Waals surface area contributed by atoms with E-state index in [4.69, 9.17) is 4.52 Å². The van der Waals surface area contributed by atoms with E-state index in [-0.39, 0.29) is 17.9 Å². The van der Waals surface area contributed by atoms with Crippen LogP contribution in [0.5, 0.6) is 0 Å². The quantitative estimate of drug-likeness (QED) is 0.852. The molecule has 2 heterocycles. The van der Waals surface area contributed by atoms with Gasteiger partial charge in [0.1, 0.15) is 6.26 Å². The smallest absolute Gasteiger partial charge is 0.255 e. The zero-order chi connectivity index (χ0) is 15.5. The second kappa shape index (κ2) is 6.15. The molecule has 21 heavy (non-hydrogen) atoms. The van der Waals surface area contributed by atoms with Crippen LogP contribution in [0.2, 0.25) is 0 Å². The van der Waals surface area contributed by atoms with Crippen molar-refractivity contribution in [3.05, 3.63) is 18.0 Å². The summed E-state index contributed by atoms with van der Waals surface area (Å²) < 4.78 is 4.75. The van der Waals surface area contributed by atoms with Crippen molar-refractivity contribution in [3.8, 4) is 0 Å². The maximum Gasteiger partial charge on any atom is 0.255 e. The Hall–Kier alpha value is -1.40. The molecule has 1 fully saturated rings. The monoisotopic (exact) mass is 295 g/mol.